The summed E-state index contributed by atoms with van der Waals surface area (Å²) in [5, 5.41) is 3.44. The zero-order chi connectivity index (χ0) is 10.7. The van der Waals surface area contributed by atoms with Crippen LogP contribution in [0.25, 0.3) is 0 Å². The monoisotopic (exact) mass is 212 g/mol. The zero-order valence-electron chi connectivity index (χ0n) is 10.1. The number of ether oxygens (including phenoxy) is 1. The molecule has 3 heteroatoms. The standard InChI is InChI=1S/C12H24N2O/c1-12(13-2)5-7-14(8-6-12)10-11-4-3-9-15-11/h11,13H,3-10H2,1-2H3. The molecule has 2 fully saturated rings. The summed E-state index contributed by atoms with van der Waals surface area (Å²) in [6.07, 6.45) is 5.56. The second-order valence-corrected chi connectivity index (χ2v) is 5.25. The number of hydrogen-bond donors (Lipinski definition) is 1. The third kappa shape index (κ3) is 2.92. The fourth-order valence-corrected chi connectivity index (χ4v) is 2.56. The molecule has 3 nitrogen and oxygen atoms in total. The summed E-state index contributed by atoms with van der Waals surface area (Å²) in [7, 11) is 2.08. The molecule has 0 aliphatic carbocycles. The molecule has 0 saturated carbocycles. The van der Waals surface area contributed by atoms with E-state index >= 15 is 0 Å². The van der Waals surface area contributed by atoms with Gasteiger partial charge in [0.15, 0.2) is 0 Å². The molecular weight excluding hydrogens is 188 g/mol. The Bertz CT molecular complexity index is 194. The Hall–Kier alpha value is -0.120. The molecule has 0 aromatic carbocycles. The van der Waals surface area contributed by atoms with E-state index in [1.54, 1.807) is 0 Å². The van der Waals surface area contributed by atoms with Crippen molar-refractivity contribution in [1.29, 1.82) is 0 Å². The molecule has 1 unspecified atom stereocenters. The van der Waals surface area contributed by atoms with E-state index in [0.29, 0.717) is 11.6 Å². The van der Waals surface area contributed by atoms with Gasteiger partial charge in [-0.1, -0.05) is 0 Å². The predicted molar refractivity (Wildman–Crippen MR) is 62.1 cm³/mol. The van der Waals surface area contributed by atoms with Gasteiger partial charge in [0.1, 0.15) is 0 Å². The van der Waals surface area contributed by atoms with Gasteiger partial charge >= 0.3 is 0 Å². The molecule has 2 rings (SSSR count). The molecule has 0 bridgehead atoms. The Labute approximate surface area is 93.2 Å². The molecule has 0 amide bonds. The van der Waals surface area contributed by atoms with E-state index in [2.05, 4.69) is 24.2 Å². The highest BCUT2D eigenvalue weighted by molar-refractivity contribution is 4.88. The average molecular weight is 212 g/mol. The van der Waals surface area contributed by atoms with Crippen LogP contribution in [0.1, 0.15) is 32.6 Å². The lowest BCUT2D eigenvalue weighted by molar-refractivity contribution is 0.0543. The Kier molecular flexibility index (Phi) is 3.65. The zero-order valence-corrected chi connectivity index (χ0v) is 10.1. The van der Waals surface area contributed by atoms with Crippen molar-refractivity contribution in [3.05, 3.63) is 0 Å². The van der Waals surface area contributed by atoms with Gasteiger partial charge in [-0.15, -0.1) is 0 Å². The smallest absolute Gasteiger partial charge is 0.0702 e. The molecule has 1 N–H and O–H groups in total. The van der Waals surface area contributed by atoms with Crippen LogP contribution in [0, 0.1) is 0 Å². The van der Waals surface area contributed by atoms with Crippen molar-refractivity contribution in [1.82, 2.24) is 10.2 Å². The van der Waals surface area contributed by atoms with Crippen LogP contribution in [0.3, 0.4) is 0 Å². The van der Waals surface area contributed by atoms with E-state index in [4.69, 9.17) is 4.74 Å². The number of hydrogen-bond acceptors (Lipinski definition) is 3. The van der Waals surface area contributed by atoms with Crippen molar-refractivity contribution >= 4 is 0 Å². The minimum Gasteiger partial charge on any atom is -0.377 e. The van der Waals surface area contributed by atoms with Crippen LogP contribution in [0.4, 0.5) is 0 Å². The summed E-state index contributed by atoms with van der Waals surface area (Å²) in [5.74, 6) is 0. The number of likely N-dealkylation sites (tertiary alicyclic amines) is 1. The summed E-state index contributed by atoms with van der Waals surface area (Å²) >= 11 is 0. The minimum absolute atomic E-state index is 0.368. The van der Waals surface area contributed by atoms with Gasteiger partial charge < -0.3 is 15.0 Å². The molecule has 0 aromatic heterocycles. The van der Waals surface area contributed by atoms with Gasteiger partial charge in [-0.3, -0.25) is 0 Å². The molecule has 2 aliphatic rings. The maximum atomic E-state index is 5.68. The molecule has 1 atom stereocenters. The van der Waals surface area contributed by atoms with Crippen LogP contribution in [0.2, 0.25) is 0 Å². The maximum absolute atomic E-state index is 5.68. The molecule has 15 heavy (non-hydrogen) atoms. The predicted octanol–water partition coefficient (Wildman–Crippen LogP) is 1.24. The Morgan fingerprint density at radius 2 is 2.13 bits per heavy atom. The lowest BCUT2D eigenvalue weighted by Gasteiger charge is -2.40. The third-order valence-corrected chi connectivity index (χ3v) is 4.05. The molecule has 2 saturated heterocycles. The largest absolute Gasteiger partial charge is 0.377 e. The highest BCUT2D eigenvalue weighted by atomic mass is 16.5. The van der Waals surface area contributed by atoms with Gasteiger partial charge in [-0.25, -0.2) is 0 Å². The highest BCUT2D eigenvalue weighted by Crippen LogP contribution is 2.22. The lowest BCUT2D eigenvalue weighted by Crippen LogP contribution is -2.51. The van der Waals surface area contributed by atoms with Gasteiger partial charge in [0.2, 0.25) is 0 Å². The summed E-state index contributed by atoms with van der Waals surface area (Å²) < 4.78 is 5.68. The lowest BCUT2D eigenvalue weighted by atomic mass is 9.90. The van der Waals surface area contributed by atoms with Crippen molar-refractivity contribution in [3.8, 4) is 0 Å². The van der Waals surface area contributed by atoms with Gasteiger partial charge in [-0.05, 0) is 52.7 Å². The molecular formula is C12H24N2O. The molecule has 2 aliphatic heterocycles. The molecule has 0 aromatic rings. The van der Waals surface area contributed by atoms with Crippen LogP contribution in [-0.4, -0.2) is 49.8 Å². The van der Waals surface area contributed by atoms with Gasteiger partial charge in [-0.2, -0.15) is 0 Å². The SMILES string of the molecule is CNC1(C)CCN(CC2CCCO2)CC1. The van der Waals surface area contributed by atoms with Gasteiger partial charge in [0.25, 0.3) is 0 Å². The Balaban J connectivity index is 1.73. The van der Waals surface area contributed by atoms with E-state index in [1.807, 2.05) is 0 Å². The first-order valence-corrected chi connectivity index (χ1v) is 6.25. The van der Waals surface area contributed by atoms with E-state index in [-0.39, 0.29) is 0 Å². The average Bonchev–Trinajstić information content (AvgIpc) is 2.75. The van der Waals surface area contributed by atoms with Crippen molar-refractivity contribution in [2.45, 2.75) is 44.2 Å². The number of rotatable bonds is 3. The normalized spacial score (nSPS) is 32.0. The van der Waals surface area contributed by atoms with Crippen LogP contribution < -0.4 is 5.32 Å². The molecule has 0 spiro atoms. The first-order valence-electron chi connectivity index (χ1n) is 6.25. The van der Waals surface area contributed by atoms with Crippen molar-refractivity contribution < 1.29 is 4.74 Å². The van der Waals surface area contributed by atoms with Gasteiger partial charge in [0, 0.05) is 18.7 Å². The van der Waals surface area contributed by atoms with E-state index in [1.165, 1.54) is 38.8 Å². The maximum Gasteiger partial charge on any atom is 0.0702 e. The van der Waals surface area contributed by atoms with Crippen LogP contribution in [-0.2, 0) is 4.74 Å². The van der Waals surface area contributed by atoms with Gasteiger partial charge in [0.05, 0.1) is 6.10 Å². The van der Waals surface area contributed by atoms with Crippen molar-refractivity contribution in [2.24, 2.45) is 0 Å². The van der Waals surface area contributed by atoms with E-state index < -0.39 is 0 Å². The molecule has 88 valence electrons. The quantitative estimate of drug-likeness (QED) is 0.762. The van der Waals surface area contributed by atoms with E-state index in [0.717, 1.165) is 13.2 Å². The van der Waals surface area contributed by atoms with Crippen LogP contribution >= 0.6 is 0 Å². The summed E-state index contributed by atoms with van der Waals surface area (Å²) in [4.78, 5) is 2.56. The molecule has 2 heterocycles. The number of piperidine rings is 1. The summed E-state index contributed by atoms with van der Waals surface area (Å²) in [6, 6.07) is 0. The van der Waals surface area contributed by atoms with Crippen molar-refractivity contribution in [3.63, 3.8) is 0 Å². The topological polar surface area (TPSA) is 24.5 Å². The first kappa shape index (κ1) is 11.4. The number of nitrogens with zero attached hydrogens (tertiary/aromatic N) is 1. The minimum atomic E-state index is 0.368. The fraction of sp³-hybridized carbons (Fsp3) is 1.00. The van der Waals surface area contributed by atoms with Crippen molar-refractivity contribution in [2.75, 3.05) is 33.3 Å². The highest BCUT2D eigenvalue weighted by Gasteiger charge is 2.29. The van der Waals surface area contributed by atoms with E-state index in [9.17, 15) is 0 Å². The Morgan fingerprint density at radius 3 is 2.67 bits per heavy atom. The second kappa shape index (κ2) is 4.81. The van der Waals surface area contributed by atoms with Crippen LogP contribution in [0.5, 0.6) is 0 Å². The summed E-state index contributed by atoms with van der Waals surface area (Å²) in [6.45, 7) is 6.90. The third-order valence-electron chi connectivity index (χ3n) is 4.05. The first-order chi connectivity index (χ1) is 7.22. The molecule has 0 radical (unpaired) electrons. The second-order valence-electron chi connectivity index (χ2n) is 5.25. The Morgan fingerprint density at radius 1 is 1.40 bits per heavy atom. The number of nitrogens with one attached hydrogen (secondary N) is 1. The fourth-order valence-electron chi connectivity index (χ4n) is 2.56. The summed E-state index contributed by atoms with van der Waals surface area (Å²) in [5.41, 5.74) is 0.368. The van der Waals surface area contributed by atoms with Crippen LogP contribution in [0.15, 0.2) is 0 Å².